The molecule has 9 heteroatoms. The molecule has 3 aromatic rings. The van der Waals surface area contributed by atoms with E-state index in [1.165, 1.54) is 24.0 Å². The van der Waals surface area contributed by atoms with Crippen molar-refractivity contribution in [2.24, 2.45) is 10.3 Å². The summed E-state index contributed by atoms with van der Waals surface area (Å²) in [5.74, 6) is 1.09. The number of aromatic nitrogens is 1. The molecule has 0 saturated carbocycles. The molecule has 4 rings (SSSR count). The number of hydrogen-bond acceptors (Lipinski definition) is 6. The van der Waals surface area contributed by atoms with E-state index in [9.17, 15) is 13.2 Å². The van der Waals surface area contributed by atoms with Crippen LogP contribution in [0.4, 0.5) is 13.2 Å². The van der Waals surface area contributed by atoms with Crippen molar-refractivity contribution in [1.29, 1.82) is 0 Å². The predicted octanol–water partition coefficient (Wildman–Crippen LogP) is 6.45. The van der Waals surface area contributed by atoms with Crippen molar-refractivity contribution in [3.05, 3.63) is 83.1 Å². The fraction of sp³-hybridized carbons (Fsp3) is 0.320. The van der Waals surface area contributed by atoms with E-state index in [1.54, 1.807) is 12.2 Å². The first-order valence-corrected chi connectivity index (χ1v) is 11.1. The van der Waals surface area contributed by atoms with Gasteiger partial charge in [-0.2, -0.15) is 18.3 Å². The number of rotatable bonds is 10. The van der Waals surface area contributed by atoms with Crippen LogP contribution in [0.1, 0.15) is 41.1 Å². The number of aryl methyl sites for hydroxylation is 1. The van der Waals surface area contributed by atoms with Gasteiger partial charge >= 0.3 is 6.18 Å². The number of unbranched alkanes of at least 4 members (excludes halogenated alkanes) is 1. The number of halogens is 3. The molecule has 1 aromatic heterocycles. The van der Waals surface area contributed by atoms with Gasteiger partial charge in [-0.1, -0.05) is 29.5 Å². The average Bonchev–Trinajstić information content (AvgIpc) is 3.52. The summed E-state index contributed by atoms with van der Waals surface area (Å²) < 4.78 is 49.1. The lowest BCUT2D eigenvalue weighted by Crippen LogP contribution is -2.16. The molecule has 2 heterocycles. The third kappa shape index (κ3) is 6.94. The molecular weight excluding hydrogens is 445 g/mol. The number of nitrogens with zero attached hydrogens (tertiary/aromatic N) is 4. The number of benzene rings is 2. The molecule has 178 valence electrons. The minimum absolute atomic E-state index is 0.251. The summed E-state index contributed by atoms with van der Waals surface area (Å²) in [5, 5.41) is 10.1. The van der Waals surface area contributed by atoms with Crippen molar-refractivity contribution < 1.29 is 22.3 Å². The number of hydrogen-bond donors (Lipinski definition) is 0. The molecule has 0 amide bonds. The van der Waals surface area contributed by atoms with E-state index in [1.807, 2.05) is 17.1 Å². The van der Waals surface area contributed by atoms with Crippen LogP contribution in [0.2, 0.25) is 0 Å². The largest absolute Gasteiger partial charge is 0.487 e. The summed E-state index contributed by atoms with van der Waals surface area (Å²) in [6.45, 7) is 2.93. The Morgan fingerprint density at radius 2 is 1.79 bits per heavy atom. The normalized spacial score (nSPS) is 13.8. The average molecular weight is 470 g/mol. The quantitative estimate of drug-likeness (QED) is 0.320. The van der Waals surface area contributed by atoms with Gasteiger partial charge in [0.2, 0.25) is 5.89 Å². The summed E-state index contributed by atoms with van der Waals surface area (Å²) in [7, 11) is 0. The predicted molar refractivity (Wildman–Crippen MR) is 122 cm³/mol. The summed E-state index contributed by atoms with van der Waals surface area (Å²) in [6.07, 6.45) is 3.58. The van der Waals surface area contributed by atoms with E-state index in [4.69, 9.17) is 9.15 Å². The maximum atomic E-state index is 12.6. The van der Waals surface area contributed by atoms with Crippen LogP contribution >= 0.6 is 0 Å². The van der Waals surface area contributed by atoms with Gasteiger partial charge in [-0.15, -0.1) is 0 Å². The second kappa shape index (κ2) is 11.0. The zero-order valence-electron chi connectivity index (χ0n) is 18.5. The fourth-order valence-corrected chi connectivity index (χ4v) is 3.44. The second-order valence-corrected chi connectivity index (χ2v) is 7.93. The van der Waals surface area contributed by atoms with Crippen molar-refractivity contribution in [2.45, 2.75) is 32.0 Å². The third-order valence-corrected chi connectivity index (χ3v) is 5.32. The van der Waals surface area contributed by atoms with Gasteiger partial charge in [-0.05, 0) is 60.7 Å². The monoisotopic (exact) mass is 470 g/mol. The maximum absolute atomic E-state index is 12.6. The topological polar surface area (TPSA) is 63.2 Å². The van der Waals surface area contributed by atoms with Crippen molar-refractivity contribution in [3.63, 3.8) is 0 Å². The van der Waals surface area contributed by atoms with Crippen molar-refractivity contribution >= 4 is 12.2 Å². The molecule has 1 aliphatic heterocycles. The Bertz CT molecular complexity index is 1110. The Morgan fingerprint density at radius 1 is 1.00 bits per heavy atom. The van der Waals surface area contributed by atoms with Crippen LogP contribution in [-0.2, 0) is 19.2 Å². The molecule has 0 aliphatic carbocycles. The van der Waals surface area contributed by atoms with Gasteiger partial charge in [0.25, 0.3) is 0 Å². The number of oxazole rings is 1. The van der Waals surface area contributed by atoms with Crippen LogP contribution in [0.15, 0.2) is 69.5 Å². The zero-order chi connectivity index (χ0) is 23.8. The van der Waals surface area contributed by atoms with Crippen LogP contribution in [0.5, 0.6) is 5.75 Å². The molecule has 0 N–H and O–H groups in total. The van der Waals surface area contributed by atoms with Gasteiger partial charge in [-0.3, -0.25) is 5.01 Å². The van der Waals surface area contributed by atoms with Crippen LogP contribution in [0.3, 0.4) is 0 Å². The minimum Gasteiger partial charge on any atom is -0.487 e. The first kappa shape index (κ1) is 23.5. The molecule has 34 heavy (non-hydrogen) atoms. The first-order chi connectivity index (χ1) is 16.5. The highest BCUT2D eigenvalue weighted by atomic mass is 19.4. The molecule has 0 atom stereocenters. The Morgan fingerprint density at radius 3 is 2.50 bits per heavy atom. The van der Waals surface area contributed by atoms with Crippen LogP contribution in [0, 0.1) is 0 Å². The first-order valence-electron chi connectivity index (χ1n) is 11.1. The summed E-state index contributed by atoms with van der Waals surface area (Å²) in [4.78, 5) is 4.32. The highest BCUT2D eigenvalue weighted by molar-refractivity contribution is 5.66. The minimum atomic E-state index is -4.35. The van der Waals surface area contributed by atoms with Crippen molar-refractivity contribution in [2.75, 3.05) is 19.6 Å². The Hall–Kier alpha value is -3.62. The Balaban J connectivity index is 1.20. The van der Waals surface area contributed by atoms with E-state index in [0.717, 1.165) is 56.8 Å². The van der Waals surface area contributed by atoms with Crippen molar-refractivity contribution in [3.8, 4) is 5.75 Å². The molecule has 0 spiro atoms. The van der Waals surface area contributed by atoms with Crippen molar-refractivity contribution in [1.82, 2.24) is 9.99 Å². The standard InChI is InChI=1S/C25H25F3N4O2/c26-25(27,28)21-9-4-20(5-10-21)8-13-24-30-22(18-34-24)17-33-23-11-6-19(7-12-23)3-1-2-15-32-16-14-29-31-32/h4-13,18H,1-3,14-17H2. The van der Waals surface area contributed by atoms with Crippen LogP contribution in [0.25, 0.3) is 12.2 Å². The molecule has 0 fully saturated rings. The fourth-order valence-electron chi connectivity index (χ4n) is 3.44. The highest BCUT2D eigenvalue weighted by Crippen LogP contribution is 2.29. The molecule has 6 nitrogen and oxygen atoms in total. The third-order valence-electron chi connectivity index (χ3n) is 5.32. The van der Waals surface area contributed by atoms with Gasteiger partial charge in [0.15, 0.2) is 0 Å². The SMILES string of the molecule is FC(F)(F)c1ccc(C=Cc2nc(COc3ccc(CCCCN4CCN=N4)cc3)co2)cc1. The second-order valence-electron chi connectivity index (χ2n) is 7.93. The van der Waals surface area contributed by atoms with E-state index in [2.05, 4.69) is 27.5 Å². The lowest BCUT2D eigenvalue weighted by atomic mass is 10.1. The molecule has 0 saturated heterocycles. The molecule has 2 aromatic carbocycles. The zero-order valence-corrected chi connectivity index (χ0v) is 18.5. The van der Waals surface area contributed by atoms with Gasteiger partial charge in [0.1, 0.15) is 24.3 Å². The molecule has 1 aliphatic rings. The summed E-state index contributed by atoms with van der Waals surface area (Å²) >= 11 is 0. The van der Waals surface area contributed by atoms with E-state index >= 15 is 0 Å². The maximum Gasteiger partial charge on any atom is 0.416 e. The smallest absolute Gasteiger partial charge is 0.416 e. The van der Waals surface area contributed by atoms with E-state index in [-0.39, 0.29) is 6.61 Å². The molecule has 0 unspecified atom stereocenters. The Labute approximate surface area is 195 Å². The number of ether oxygens (including phenoxy) is 1. The van der Waals surface area contributed by atoms with Gasteiger partial charge in [0, 0.05) is 12.6 Å². The molecular formula is C25H25F3N4O2. The lowest BCUT2D eigenvalue weighted by molar-refractivity contribution is -0.137. The summed E-state index contributed by atoms with van der Waals surface area (Å²) in [6, 6.07) is 12.9. The van der Waals surface area contributed by atoms with Gasteiger partial charge in [0.05, 0.1) is 18.7 Å². The number of alkyl halides is 3. The summed E-state index contributed by atoms with van der Waals surface area (Å²) in [5.41, 5.74) is 1.81. The molecule has 0 bridgehead atoms. The Kier molecular flexibility index (Phi) is 7.61. The molecule has 0 radical (unpaired) electrons. The highest BCUT2D eigenvalue weighted by Gasteiger charge is 2.29. The van der Waals surface area contributed by atoms with Gasteiger partial charge < -0.3 is 9.15 Å². The van der Waals surface area contributed by atoms with E-state index in [0.29, 0.717) is 17.1 Å². The van der Waals surface area contributed by atoms with Gasteiger partial charge in [-0.25, -0.2) is 4.98 Å². The van der Waals surface area contributed by atoms with Crippen LogP contribution in [-0.4, -0.2) is 29.6 Å². The van der Waals surface area contributed by atoms with E-state index < -0.39 is 11.7 Å². The van der Waals surface area contributed by atoms with Crippen LogP contribution < -0.4 is 4.74 Å². The lowest BCUT2D eigenvalue weighted by Gasteiger charge is -2.11.